The molecule has 4 nitrogen and oxygen atoms in total. The topological polar surface area (TPSA) is 49.4 Å². The molecule has 9 heteroatoms. The first-order valence-electron chi connectivity index (χ1n) is 6.34. The van der Waals surface area contributed by atoms with Gasteiger partial charge in [-0.1, -0.05) is 29.3 Å². The second kappa shape index (κ2) is 6.34. The number of anilines is 1. The highest BCUT2D eigenvalue weighted by molar-refractivity contribution is 6.44. The molecular formula is C13H11Cl2F3N2O2. The van der Waals surface area contributed by atoms with Crippen molar-refractivity contribution in [1.29, 1.82) is 0 Å². The van der Waals surface area contributed by atoms with Gasteiger partial charge in [0.05, 0.1) is 15.7 Å². The van der Waals surface area contributed by atoms with Crippen molar-refractivity contribution in [3.63, 3.8) is 0 Å². The molecule has 1 saturated heterocycles. The SMILES string of the molecule is O=C(Nc1cccc(Cl)c1Cl)C1CCCN1C(=O)C(F)(F)F. The van der Waals surface area contributed by atoms with Gasteiger partial charge in [-0.15, -0.1) is 0 Å². The standard InChI is InChI=1S/C13H11Cl2F3N2O2/c14-7-3-1-4-8(10(7)15)19-11(21)9-5-2-6-20(9)12(22)13(16,17)18/h1,3-4,9H,2,5-6H2,(H,19,21). The summed E-state index contributed by atoms with van der Waals surface area (Å²) in [5, 5.41) is 2.70. The first-order chi connectivity index (χ1) is 10.2. The molecule has 0 bridgehead atoms. The molecule has 22 heavy (non-hydrogen) atoms. The van der Waals surface area contributed by atoms with Gasteiger partial charge < -0.3 is 10.2 Å². The van der Waals surface area contributed by atoms with Gasteiger partial charge >= 0.3 is 12.1 Å². The Morgan fingerprint density at radius 1 is 1.27 bits per heavy atom. The molecular weight excluding hydrogens is 344 g/mol. The van der Waals surface area contributed by atoms with E-state index in [2.05, 4.69) is 5.32 Å². The number of nitrogens with one attached hydrogen (secondary N) is 1. The first kappa shape index (κ1) is 16.9. The minimum atomic E-state index is -5.00. The van der Waals surface area contributed by atoms with Gasteiger partial charge in [-0.2, -0.15) is 13.2 Å². The number of halogens is 5. The number of carbonyl (C=O) groups excluding carboxylic acids is 2. The van der Waals surface area contributed by atoms with E-state index in [0.29, 0.717) is 11.3 Å². The fourth-order valence-electron chi connectivity index (χ4n) is 2.26. The summed E-state index contributed by atoms with van der Waals surface area (Å²) in [6, 6.07) is 3.34. The van der Waals surface area contributed by atoms with Crippen molar-refractivity contribution < 1.29 is 22.8 Å². The number of amides is 2. The summed E-state index contributed by atoms with van der Waals surface area (Å²) >= 11 is 11.7. The van der Waals surface area contributed by atoms with Gasteiger partial charge in [-0.3, -0.25) is 9.59 Å². The summed E-state index contributed by atoms with van der Waals surface area (Å²) in [5.41, 5.74) is 0.186. The number of nitrogens with zero attached hydrogens (tertiary/aromatic N) is 1. The van der Waals surface area contributed by atoms with Crippen LogP contribution in [0.5, 0.6) is 0 Å². The van der Waals surface area contributed by atoms with Crippen LogP contribution >= 0.6 is 23.2 Å². The fourth-order valence-corrected chi connectivity index (χ4v) is 2.61. The zero-order chi connectivity index (χ0) is 16.5. The van der Waals surface area contributed by atoms with E-state index in [0.717, 1.165) is 0 Å². The molecule has 0 spiro atoms. The van der Waals surface area contributed by atoms with Crippen molar-refractivity contribution in [2.75, 3.05) is 11.9 Å². The van der Waals surface area contributed by atoms with Crippen molar-refractivity contribution >= 4 is 40.7 Å². The van der Waals surface area contributed by atoms with E-state index in [1.165, 1.54) is 18.2 Å². The molecule has 1 aliphatic heterocycles. The fraction of sp³-hybridized carbons (Fsp3) is 0.385. The van der Waals surface area contributed by atoms with E-state index in [9.17, 15) is 22.8 Å². The Bertz CT molecular complexity index is 607. The molecule has 2 rings (SSSR count). The molecule has 1 fully saturated rings. The first-order valence-corrected chi connectivity index (χ1v) is 7.10. The van der Waals surface area contributed by atoms with E-state index in [1.807, 2.05) is 0 Å². The maximum atomic E-state index is 12.5. The Balaban J connectivity index is 2.15. The number of alkyl halides is 3. The average molecular weight is 355 g/mol. The number of rotatable bonds is 2. The summed E-state index contributed by atoms with van der Waals surface area (Å²) < 4.78 is 37.6. The van der Waals surface area contributed by atoms with E-state index in [1.54, 1.807) is 0 Å². The third-order valence-electron chi connectivity index (χ3n) is 3.27. The highest BCUT2D eigenvalue weighted by Crippen LogP contribution is 2.31. The molecule has 1 unspecified atom stereocenters. The van der Waals surface area contributed by atoms with Crippen LogP contribution in [0.1, 0.15) is 12.8 Å². The molecule has 1 heterocycles. The molecule has 1 atom stereocenters. The lowest BCUT2D eigenvalue weighted by Gasteiger charge is -2.24. The smallest absolute Gasteiger partial charge is 0.323 e. The molecule has 120 valence electrons. The molecule has 0 saturated carbocycles. The minimum absolute atomic E-state index is 0.0872. The third kappa shape index (κ3) is 3.47. The van der Waals surface area contributed by atoms with Crippen LogP contribution in [0, 0.1) is 0 Å². The number of benzene rings is 1. The van der Waals surface area contributed by atoms with Crippen molar-refractivity contribution in [3.8, 4) is 0 Å². The molecule has 1 aliphatic rings. The normalized spacial score (nSPS) is 18.4. The van der Waals surface area contributed by atoms with E-state index >= 15 is 0 Å². The van der Waals surface area contributed by atoms with Crippen molar-refractivity contribution in [2.24, 2.45) is 0 Å². The van der Waals surface area contributed by atoms with E-state index in [-0.39, 0.29) is 28.7 Å². The van der Waals surface area contributed by atoms with Gasteiger partial charge in [0.2, 0.25) is 5.91 Å². The van der Waals surface area contributed by atoms with Gasteiger partial charge in [0, 0.05) is 6.54 Å². The lowest BCUT2D eigenvalue weighted by atomic mass is 10.2. The number of carbonyl (C=O) groups is 2. The summed E-state index contributed by atoms with van der Waals surface area (Å²) in [4.78, 5) is 24.0. The molecule has 2 amide bonds. The quantitative estimate of drug-likeness (QED) is 0.883. The predicted molar refractivity (Wildman–Crippen MR) is 75.9 cm³/mol. The Kier molecular flexibility index (Phi) is 4.87. The largest absolute Gasteiger partial charge is 0.471 e. The van der Waals surface area contributed by atoms with Crippen molar-refractivity contribution in [2.45, 2.75) is 25.1 Å². The van der Waals surface area contributed by atoms with Crippen LogP contribution in [0.4, 0.5) is 18.9 Å². The van der Waals surface area contributed by atoms with Gasteiger partial charge in [0.25, 0.3) is 0 Å². The number of hydrogen-bond acceptors (Lipinski definition) is 2. The van der Waals surface area contributed by atoms with Crippen LogP contribution in [0.25, 0.3) is 0 Å². The number of hydrogen-bond donors (Lipinski definition) is 1. The highest BCUT2D eigenvalue weighted by Gasteiger charge is 2.47. The van der Waals surface area contributed by atoms with E-state index in [4.69, 9.17) is 23.2 Å². The Hall–Kier alpha value is -1.47. The lowest BCUT2D eigenvalue weighted by molar-refractivity contribution is -0.186. The summed E-state index contributed by atoms with van der Waals surface area (Å²) in [6.07, 6.45) is -4.52. The maximum Gasteiger partial charge on any atom is 0.471 e. The van der Waals surface area contributed by atoms with E-state index < -0.39 is 24.0 Å². The highest BCUT2D eigenvalue weighted by atomic mass is 35.5. The van der Waals surface area contributed by atoms with Gasteiger partial charge in [-0.05, 0) is 25.0 Å². The van der Waals surface area contributed by atoms with Crippen LogP contribution in [0.3, 0.4) is 0 Å². The minimum Gasteiger partial charge on any atom is -0.323 e. The average Bonchev–Trinajstić information content (AvgIpc) is 2.91. The summed E-state index contributed by atoms with van der Waals surface area (Å²) in [6.45, 7) is -0.111. The Morgan fingerprint density at radius 2 is 1.95 bits per heavy atom. The van der Waals surface area contributed by atoms with Crippen LogP contribution in [0.2, 0.25) is 10.0 Å². The van der Waals surface area contributed by atoms with Crippen LogP contribution < -0.4 is 5.32 Å². The van der Waals surface area contributed by atoms with Crippen LogP contribution in [0.15, 0.2) is 18.2 Å². The van der Waals surface area contributed by atoms with Gasteiger partial charge in [0.1, 0.15) is 6.04 Å². The predicted octanol–water partition coefficient (Wildman–Crippen LogP) is 3.49. The molecule has 0 radical (unpaired) electrons. The van der Waals surface area contributed by atoms with Crippen molar-refractivity contribution in [1.82, 2.24) is 4.90 Å². The molecule has 1 aromatic rings. The summed E-state index contributed by atoms with van der Waals surface area (Å²) in [7, 11) is 0. The zero-order valence-corrected chi connectivity index (χ0v) is 12.6. The lowest BCUT2D eigenvalue weighted by Crippen LogP contribution is -2.48. The molecule has 1 aromatic carbocycles. The third-order valence-corrected chi connectivity index (χ3v) is 4.09. The molecule has 0 aromatic heterocycles. The Labute approximate surface area is 134 Å². The Morgan fingerprint density at radius 3 is 2.59 bits per heavy atom. The summed E-state index contributed by atoms with van der Waals surface area (Å²) in [5.74, 6) is -2.73. The van der Waals surface area contributed by atoms with Crippen molar-refractivity contribution in [3.05, 3.63) is 28.2 Å². The van der Waals surface area contributed by atoms with Gasteiger partial charge in [0.15, 0.2) is 0 Å². The molecule has 0 aliphatic carbocycles. The van der Waals surface area contributed by atoms with Crippen LogP contribution in [-0.4, -0.2) is 35.5 Å². The zero-order valence-electron chi connectivity index (χ0n) is 11.1. The second-order valence-corrected chi connectivity index (χ2v) is 5.53. The maximum absolute atomic E-state index is 12.5. The van der Waals surface area contributed by atoms with Crippen LogP contribution in [-0.2, 0) is 9.59 Å². The second-order valence-electron chi connectivity index (χ2n) is 4.74. The number of likely N-dealkylation sites (tertiary alicyclic amines) is 1. The monoisotopic (exact) mass is 354 g/mol. The molecule has 1 N–H and O–H groups in total. The van der Waals surface area contributed by atoms with Gasteiger partial charge in [-0.25, -0.2) is 0 Å².